The Morgan fingerprint density at radius 1 is 0.289 bits per heavy atom. The van der Waals surface area contributed by atoms with Crippen molar-refractivity contribution >= 4 is 38.6 Å². The van der Waals surface area contributed by atoms with Crippen molar-refractivity contribution in [2.75, 3.05) is 4.90 Å². The first kappa shape index (κ1) is 24.5. The summed E-state index contributed by atoms with van der Waals surface area (Å²) in [6, 6.07) is 60.2. The number of hydrogen-bond acceptors (Lipinski definition) is 1. The van der Waals surface area contributed by atoms with Crippen LogP contribution in [0.4, 0.5) is 17.1 Å². The summed E-state index contributed by atoms with van der Waals surface area (Å²) in [6.07, 6.45) is 0. The van der Waals surface area contributed by atoms with Crippen LogP contribution in [0.3, 0.4) is 0 Å². The largest absolute Gasteiger partial charge is 0.308 e. The van der Waals surface area contributed by atoms with E-state index in [1.54, 1.807) is 0 Å². The van der Waals surface area contributed by atoms with E-state index in [0.717, 1.165) is 0 Å². The Hall–Kier alpha value is -5.92. The number of anilines is 3. The Morgan fingerprint density at radius 2 is 0.867 bits per heavy atom. The lowest BCUT2D eigenvalue weighted by Gasteiger charge is -2.40. The van der Waals surface area contributed by atoms with Gasteiger partial charge < -0.3 is 4.90 Å². The highest BCUT2D eigenvalue weighted by Crippen LogP contribution is 2.61. The molecule has 0 fully saturated rings. The van der Waals surface area contributed by atoms with Crippen LogP contribution in [0.15, 0.2) is 164 Å². The standard InChI is InChI=1S/C44H27N/c1-4-12-28(13-5-1)31-22-24-40-38(26-31)35-20-11-19-34-37(30-16-8-3-9-17-30)27-39-36-21-10-18-33-32(29-14-6-2-7-15-29)23-25-41(42(33)36)45(40)44(39)43(34)35/h1-27H. The lowest BCUT2D eigenvalue weighted by Crippen LogP contribution is -2.19. The van der Waals surface area contributed by atoms with Crippen LogP contribution in [-0.2, 0) is 0 Å². The summed E-state index contributed by atoms with van der Waals surface area (Å²) >= 11 is 0. The molecule has 0 amide bonds. The van der Waals surface area contributed by atoms with Crippen LogP contribution in [0.2, 0.25) is 0 Å². The normalized spacial score (nSPS) is 12.4. The average molecular weight is 570 g/mol. The van der Waals surface area contributed by atoms with E-state index in [1.807, 2.05) is 0 Å². The molecule has 2 heterocycles. The van der Waals surface area contributed by atoms with Gasteiger partial charge in [-0.3, -0.25) is 0 Å². The molecule has 0 saturated heterocycles. The maximum absolute atomic E-state index is 2.55. The van der Waals surface area contributed by atoms with E-state index in [1.165, 1.54) is 94.2 Å². The minimum absolute atomic E-state index is 1.23. The van der Waals surface area contributed by atoms with Crippen LogP contribution >= 0.6 is 0 Å². The molecule has 0 aliphatic carbocycles. The van der Waals surface area contributed by atoms with Gasteiger partial charge >= 0.3 is 0 Å². The lowest BCUT2D eigenvalue weighted by molar-refractivity contribution is 1.29. The zero-order valence-electron chi connectivity index (χ0n) is 24.5. The van der Waals surface area contributed by atoms with Crippen molar-refractivity contribution in [2.45, 2.75) is 0 Å². The molecule has 208 valence electrons. The van der Waals surface area contributed by atoms with Gasteiger partial charge in [0.25, 0.3) is 0 Å². The summed E-state index contributed by atoms with van der Waals surface area (Å²) in [5.74, 6) is 0. The second-order valence-corrected chi connectivity index (χ2v) is 12.1. The van der Waals surface area contributed by atoms with E-state index in [2.05, 4.69) is 169 Å². The van der Waals surface area contributed by atoms with E-state index in [-0.39, 0.29) is 0 Å². The highest BCUT2D eigenvalue weighted by molar-refractivity contribution is 6.27. The smallest absolute Gasteiger partial charge is 0.0625 e. The summed E-state index contributed by atoms with van der Waals surface area (Å²) in [5.41, 5.74) is 16.4. The summed E-state index contributed by atoms with van der Waals surface area (Å²) in [5, 5.41) is 5.20. The van der Waals surface area contributed by atoms with Gasteiger partial charge in [-0.2, -0.15) is 0 Å². The maximum atomic E-state index is 2.55. The van der Waals surface area contributed by atoms with Crippen molar-refractivity contribution in [3.8, 4) is 55.6 Å². The third-order valence-corrected chi connectivity index (χ3v) is 9.71. The van der Waals surface area contributed by atoms with E-state index >= 15 is 0 Å². The van der Waals surface area contributed by atoms with Crippen molar-refractivity contribution < 1.29 is 0 Å². The second kappa shape index (κ2) is 9.29. The summed E-state index contributed by atoms with van der Waals surface area (Å²) in [4.78, 5) is 2.55. The van der Waals surface area contributed by atoms with E-state index in [0.29, 0.717) is 0 Å². The number of hydrogen-bond donors (Lipinski definition) is 0. The van der Waals surface area contributed by atoms with E-state index in [4.69, 9.17) is 0 Å². The van der Waals surface area contributed by atoms with Gasteiger partial charge in [-0.15, -0.1) is 0 Å². The molecule has 10 rings (SSSR count). The molecule has 0 unspecified atom stereocenters. The molecule has 2 aliphatic rings. The van der Waals surface area contributed by atoms with Crippen LogP contribution in [0, 0.1) is 0 Å². The molecule has 0 N–H and O–H groups in total. The van der Waals surface area contributed by atoms with Crippen LogP contribution in [0.25, 0.3) is 77.2 Å². The van der Waals surface area contributed by atoms with Crippen molar-refractivity contribution in [3.63, 3.8) is 0 Å². The first-order valence-corrected chi connectivity index (χ1v) is 15.6. The molecule has 45 heavy (non-hydrogen) atoms. The Labute approximate surface area is 262 Å². The monoisotopic (exact) mass is 569 g/mol. The van der Waals surface area contributed by atoms with E-state index in [9.17, 15) is 0 Å². The number of rotatable bonds is 3. The SMILES string of the molecule is c1ccc(-c2ccc3c(c2)-c2cccc4c(-c5ccccc5)cc5c(c24)N3c2ccc(-c3ccccc3)c3cccc-5c23)cc1. The predicted octanol–water partition coefficient (Wildman–Crippen LogP) is 12.4. The predicted molar refractivity (Wildman–Crippen MR) is 190 cm³/mol. The highest BCUT2D eigenvalue weighted by atomic mass is 15.2. The van der Waals surface area contributed by atoms with Gasteiger partial charge in [0.1, 0.15) is 0 Å². The number of fused-ring (bicyclic) bond motifs is 5. The van der Waals surface area contributed by atoms with Crippen LogP contribution < -0.4 is 4.90 Å². The lowest BCUT2D eigenvalue weighted by atomic mass is 9.79. The summed E-state index contributed by atoms with van der Waals surface area (Å²) in [6.45, 7) is 0. The van der Waals surface area contributed by atoms with Gasteiger partial charge in [-0.05, 0) is 79.5 Å². The minimum Gasteiger partial charge on any atom is -0.308 e. The number of nitrogens with zero attached hydrogens (tertiary/aromatic N) is 1. The molecule has 0 spiro atoms. The topological polar surface area (TPSA) is 3.24 Å². The molecule has 0 atom stereocenters. The zero-order valence-corrected chi connectivity index (χ0v) is 24.5. The fraction of sp³-hybridized carbons (Fsp3) is 0. The molecule has 0 aromatic heterocycles. The molecule has 2 aliphatic heterocycles. The molecule has 1 nitrogen and oxygen atoms in total. The number of benzene rings is 8. The first-order chi connectivity index (χ1) is 22.3. The molecule has 0 radical (unpaired) electrons. The molecule has 1 heteroatoms. The van der Waals surface area contributed by atoms with Crippen LogP contribution in [-0.4, -0.2) is 0 Å². The molecule has 8 aromatic carbocycles. The third kappa shape index (κ3) is 3.44. The summed E-state index contributed by atoms with van der Waals surface area (Å²) < 4.78 is 0. The second-order valence-electron chi connectivity index (χ2n) is 12.1. The Bertz CT molecular complexity index is 2460. The first-order valence-electron chi connectivity index (χ1n) is 15.6. The van der Waals surface area contributed by atoms with Gasteiger partial charge in [0.05, 0.1) is 17.1 Å². The molecular formula is C44H27N. The summed E-state index contributed by atoms with van der Waals surface area (Å²) in [7, 11) is 0. The van der Waals surface area contributed by atoms with Crippen molar-refractivity contribution in [3.05, 3.63) is 164 Å². The van der Waals surface area contributed by atoms with Gasteiger partial charge in [0.15, 0.2) is 0 Å². The average Bonchev–Trinajstić information content (AvgIpc) is 3.12. The zero-order chi connectivity index (χ0) is 29.5. The fourth-order valence-corrected chi connectivity index (χ4v) is 7.77. The van der Waals surface area contributed by atoms with Gasteiger partial charge in [-0.25, -0.2) is 0 Å². The van der Waals surface area contributed by atoms with Crippen molar-refractivity contribution in [1.82, 2.24) is 0 Å². The fourth-order valence-electron chi connectivity index (χ4n) is 7.77. The van der Waals surface area contributed by atoms with Crippen molar-refractivity contribution in [2.24, 2.45) is 0 Å². The Morgan fingerprint density at radius 3 is 1.56 bits per heavy atom. The molecule has 0 saturated carbocycles. The van der Waals surface area contributed by atoms with Gasteiger partial charge in [-0.1, -0.05) is 140 Å². The van der Waals surface area contributed by atoms with Gasteiger partial charge in [0, 0.05) is 21.9 Å². The van der Waals surface area contributed by atoms with Gasteiger partial charge in [0.2, 0.25) is 0 Å². The molecule has 8 aromatic rings. The van der Waals surface area contributed by atoms with E-state index < -0.39 is 0 Å². The highest BCUT2D eigenvalue weighted by Gasteiger charge is 2.35. The van der Waals surface area contributed by atoms with Crippen LogP contribution in [0.1, 0.15) is 0 Å². The third-order valence-electron chi connectivity index (χ3n) is 9.71. The molecular weight excluding hydrogens is 542 g/mol. The Balaban J connectivity index is 1.37. The quantitative estimate of drug-likeness (QED) is 0.205. The van der Waals surface area contributed by atoms with Crippen LogP contribution in [0.5, 0.6) is 0 Å². The minimum atomic E-state index is 1.23. The Kier molecular flexibility index (Phi) is 5.06. The maximum Gasteiger partial charge on any atom is 0.0625 e. The van der Waals surface area contributed by atoms with Crippen molar-refractivity contribution in [1.29, 1.82) is 0 Å². The molecule has 0 bridgehead atoms.